The van der Waals surface area contributed by atoms with E-state index >= 15 is 0 Å². The highest BCUT2D eigenvalue weighted by Gasteiger charge is 2.34. The van der Waals surface area contributed by atoms with Gasteiger partial charge in [-0.25, -0.2) is 9.79 Å². The zero-order valence-corrected chi connectivity index (χ0v) is 23.8. The number of hydrogen-bond donors (Lipinski definition) is 0. The maximum absolute atomic E-state index is 14.0. The second-order valence-corrected chi connectivity index (χ2v) is 10.8. The van der Waals surface area contributed by atoms with Gasteiger partial charge >= 0.3 is 5.97 Å². The minimum Gasteiger partial charge on any atom is -0.463 e. The summed E-state index contributed by atoms with van der Waals surface area (Å²) in [5.74, 6) is 0.336. The number of thiazole rings is 1. The Morgan fingerprint density at radius 2 is 1.90 bits per heavy atom. The fourth-order valence-electron chi connectivity index (χ4n) is 5.27. The minimum absolute atomic E-state index is 0.0388. The Balaban J connectivity index is 1.51. The number of aryl methyl sites for hydroxylation is 1. The van der Waals surface area contributed by atoms with E-state index in [0.717, 1.165) is 21.9 Å². The summed E-state index contributed by atoms with van der Waals surface area (Å²) >= 11 is 1.20. The quantitative estimate of drug-likeness (QED) is 0.151. The number of rotatable bonds is 6. The first-order chi connectivity index (χ1) is 20.3. The number of allylic oxidation sites excluding steroid dienone is 1. The summed E-state index contributed by atoms with van der Waals surface area (Å²) in [4.78, 5) is 43.2. The van der Waals surface area contributed by atoms with Crippen molar-refractivity contribution in [2.24, 2.45) is 4.99 Å². The molecule has 1 aliphatic heterocycles. The van der Waals surface area contributed by atoms with Crippen molar-refractivity contribution in [1.29, 1.82) is 0 Å². The van der Waals surface area contributed by atoms with Gasteiger partial charge in [0, 0.05) is 23.8 Å². The number of nitro benzene ring substituents is 1. The molecule has 2 aromatic heterocycles. The molecule has 3 heterocycles. The van der Waals surface area contributed by atoms with Gasteiger partial charge in [0.1, 0.15) is 11.5 Å². The van der Waals surface area contributed by atoms with Gasteiger partial charge in [0.25, 0.3) is 11.2 Å². The Labute approximate surface area is 243 Å². The van der Waals surface area contributed by atoms with Gasteiger partial charge < -0.3 is 9.15 Å². The van der Waals surface area contributed by atoms with Crippen LogP contribution in [0.25, 0.3) is 28.2 Å². The van der Waals surface area contributed by atoms with E-state index in [0.29, 0.717) is 37.7 Å². The van der Waals surface area contributed by atoms with Crippen molar-refractivity contribution in [2.75, 3.05) is 6.61 Å². The highest BCUT2D eigenvalue weighted by molar-refractivity contribution is 7.07. The predicted octanol–water partition coefficient (Wildman–Crippen LogP) is 5.43. The maximum atomic E-state index is 14.0. The third kappa shape index (κ3) is 4.65. The van der Waals surface area contributed by atoms with Crippen LogP contribution in [0.4, 0.5) is 5.69 Å². The van der Waals surface area contributed by atoms with Gasteiger partial charge in [0.05, 0.1) is 33.4 Å². The number of non-ortho nitro benzene ring substituents is 1. The van der Waals surface area contributed by atoms with Gasteiger partial charge in [-0.05, 0) is 54.8 Å². The van der Waals surface area contributed by atoms with E-state index in [1.54, 1.807) is 42.7 Å². The van der Waals surface area contributed by atoms with Crippen molar-refractivity contribution in [3.8, 4) is 11.3 Å². The highest BCUT2D eigenvalue weighted by atomic mass is 32.1. The number of furan rings is 1. The summed E-state index contributed by atoms with van der Waals surface area (Å²) in [5.41, 5.74) is 2.64. The molecule has 0 N–H and O–H groups in total. The van der Waals surface area contributed by atoms with Crippen LogP contribution in [0.15, 0.2) is 98.3 Å². The summed E-state index contributed by atoms with van der Waals surface area (Å²) in [5, 5.41) is 13.2. The average Bonchev–Trinajstić information content (AvgIpc) is 3.56. The molecule has 0 amide bonds. The van der Waals surface area contributed by atoms with Crippen LogP contribution in [0, 0.1) is 17.0 Å². The first kappa shape index (κ1) is 27.1. The number of carbonyl (C=O) groups excluding carboxylic acids is 1. The van der Waals surface area contributed by atoms with Crippen molar-refractivity contribution in [3.05, 3.63) is 131 Å². The van der Waals surface area contributed by atoms with E-state index in [9.17, 15) is 19.7 Å². The standard InChI is InChI=1S/C32H25N3O6S/c1-4-40-31(37)28-19(3)33-32-34(29(28)24-11-7-9-20-8-5-6-10-23(20)24)30(36)27(42-32)17-22-14-15-26(41-22)25-16-21(35(38)39)13-12-18(25)2/h5-17,29H,4H2,1-3H3/b27-17-/t29-/m0/s1. The molecule has 9 nitrogen and oxygen atoms in total. The molecule has 0 spiro atoms. The summed E-state index contributed by atoms with van der Waals surface area (Å²) < 4.78 is 13.4. The summed E-state index contributed by atoms with van der Waals surface area (Å²) in [6.45, 7) is 5.52. The number of nitrogens with zero attached hydrogens (tertiary/aromatic N) is 3. The molecule has 1 aliphatic rings. The third-order valence-corrected chi connectivity index (χ3v) is 8.22. The Morgan fingerprint density at radius 1 is 1.12 bits per heavy atom. The third-order valence-electron chi connectivity index (χ3n) is 7.23. The molecule has 0 unspecified atom stereocenters. The number of ether oxygens (including phenoxy) is 1. The van der Waals surface area contributed by atoms with E-state index in [2.05, 4.69) is 4.99 Å². The van der Waals surface area contributed by atoms with Crippen molar-refractivity contribution < 1.29 is 18.9 Å². The van der Waals surface area contributed by atoms with Crippen molar-refractivity contribution in [1.82, 2.24) is 4.57 Å². The summed E-state index contributed by atoms with van der Waals surface area (Å²) in [7, 11) is 0. The zero-order chi connectivity index (χ0) is 29.5. The van der Waals surface area contributed by atoms with E-state index in [1.165, 1.54) is 23.5 Å². The molecular formula is C32H25N3O6S. The number of aromatic nitrogens is 1. The topological polar surface area (TPSA) is 117 Å². The SMILES string of the molecule is CCOC(=O)C1=C(C)N=c2s/c(=C\c3ccc(-c4cc([N+](=O)[O-])ccc4C)o3)c(=O)n2[C@H]1c1cccc2ccccc12. The number of benzene rings is 3. The molecule has 6 rings (SSSR count). The van der Waals surface area contributed by atoms with Gasteiger partial charge in [-0.2, -0.15) is 0 Å². The number of fused-ring (bicyclic) bond motifs is 2. The van der Waals surface area contributed by atoms with E-state index in [4.69, 9.17) is 9.15 Å². The van der Waals surface area contributed by atoms with Crippen LogP contribution < -0.4 is 14.9 Å². The van der Waals surface area contributed by atoms with Gasteiger partial charge in [0.15, 0.2) is 4.80 Å². The summed E-state index contributed by atoms with van der Waals surface area (Å²) in [6.07, 6.45) is 1.63. The number of nitro groups is 1. The molecule has 210 valence electrons. The van der Waals surface area contributed by atoms with Gasteiger partial charge in [-0.3, -0.25) is 19.5 Å². The van der Waals surface area contributed by atoms with Crippen LogP contribution in [0.1, 0.15) is 36.8 Å². The summed E-state index contributed by atoms with van der Waals surface area (Å²) in [6, 6.07) is 20.9. The van der Waals surface area contributed by atoms with Crippen LogP contribution in [0.3, 0.4) is 0 Å². The fourth-order valence-corrected chi connectivity index (χ4v) is 6.29. The lowest BCUT2D eigenvalue weighted by Crippen LogP contribution is -2.40. The van der Waals surface area contributed by atoms with Crippen molar-refractivity contribution in [3.63, 3.8) is 0 Å². The lowest BCUT2D eigenvalue weighted by molar-refractivity contribution is -0.384. The zero-order valence-electron chi connectivity index (χ0n) is 23.0. The van der Waals surface area contributed by atoms with Crippen LogP contribution in [-0.4, -0.2) is 22.1 Å². The smallest absolute Gasteiger partial charge is 0.338 e. The molecule has 0 saturated carbocycles. The molecule has 42 heavy (non-hydrogen) atoms. The van der Waals surface area contributed by atoms with Crippen molar-refractivity contribution in [2.45, 2.75) is 26.8 Å². The molecular weight excluding hydrogens is 554 g/mol. The fraction of sp³-hybridized carbons (Fsp3) is 0.156. The lowest BCUT2D eigenvalue weighted by atomic mass is 9.91. The van der Waals surface area contributed by atoms with Crippen LogP contribution in [0.5, 0.6) is 0 Å². The molecule has 0 aliphatic carbocycles. The largest absolute Gasteiger partial charge is 0.463 e. The van der Waals surface area contributed by atoms with Crippen LogP contribution in [-0.2, 0) is 9.53 Å². The molecule has 0 bridgehead atoms. The first-order valence-corrected chi connectivity index (χ1v) is 14.1. The number of esters is 1. The molecule has 5 aromatic rings. The lowest BCUT2D eigenvalue weighted by Gasteiger charge is -2.25. The normalized spacial score (nSPS) is 15.0. The predicted molar refractivity (Wildman–Crippen MR) is 160 cm³/mol. The second kappa shape index (κ2) is 10.7. The second-order valence-electron chi connectivity index (χ2n) is 9.83. The van der Waals surface area contributed by atoms with Crippen LogP contribution in [0.2, 0.25) is 0 Å². The Bertz CT molecular complexity index is 2110. The molecule has 1 atom stereocenters. The first-order valence-electron chi connectivity index (χ1n) is 13.3. The van der Waals surface area contributed by atoms with Crippen molar-refractivity contribution >= 4 is 39.8 Å². The number of carbonyl (C=O) groups is 1. The minimum atomic E-state index is -0.742. The van der Waals surface area contributed by atoms with E-state index < -0.39 is 16.9 Å². The molecule has 0 radical (unpaired) electrons. The molecule has 0 fully saturated rings. The van der Waals surface area contributed by atoms with Gasteiger partial charge in [-0.15, -0.1) is 0 Å². The van der Waals surface area contributed by atoms with Crippen LogP contribution >= 0.6 is 11.3 Å². The monoisotopic (exact) mass is 579 g/mol. The average molecular weight is 580 g/mol. The Morgan fingerprint density at radius 3 is 2.69 bits per heavy atom. The van der Waals surface area contributed by atoms with Gasteiger partial charge in [-0.1, -0.05) is 59.9 Å². The molecule has 10 heteroatoms. The number of hydrogen-bond acceptors (Lipinski definition) is 8. The maximum Gasteiger partial charge on any atom is 0.338 e. The van der Waals surface area contributed by atoms with E-state index in [-0.39, 0.29) is 17.9 Å². The molecule has 0 saturated heterocycles. The Kier molecular flexibility index (Phi) is 6.91. The Hall–Kier alpha value is -5.09. The molecule has 3 aromatic carbocycles. The highest BCUT2D eigenvalue weighted by Crippen LogP contribution is 2.35. The van der Waals surface area contributed by atoms with Gasteiger partial charge in [0.2, 0.25) is 0 Å². The van der Waals surface area contributed by atoms with E-state index in [1.807, 2.05) is 49.4 Å².